The van der Waals surface area contributed by atoms with E-state index in [-0.39, 0.29) is 34.7 Å². The first-order chi connectivity index (χ1) is 15.3. The zero-order valence-electron chi connectivity index (χ0n) is 17.8. The number of hydrogen-bond acceptors (Lipinski definition) is 5. The Morgan fingerprint density at radius 3 is 2.44 bits per heavy atom. The van der Waals surface area contributed by atoms with Gasteiger partial charge in [0.05, 0.1) is 24.7 Å². The molecule has 3 saturated carbocycles. The van der Waals surface area contributed by atoms with Gasteiger partial charge >= 0.3 is 0 Å². The fourth-order valence-corrected chi connectivity index (χ4v) is 4.71. The van der Waals surface area contributed by atoms with Crippen LogP contribution in [-0.4, -0.2) is 38.2 Å². The molecule has 0 saturated heterocycles. The summed E-state index contributed by atoms with van der Waals surface area (Å²) in [5.41, 5.74) is 0.0153. The van der Waals surface area contributed by atoms with Crippen molar-refractivity contribution < 1.29 is 28.2 Å². The number of hydrogen-bond donors (Lipinski definition) is 2. The molecule has 170 valence electrons. The highest BCUT2D eigenvalue weighted by atomic mass is 35.5. The molecule has 7 nitrogen and oxygen atoms in total. The van der Waals surface area contributed by atoms with E-state index in [0.29, 0.717) is 37.3 Å². The molecule has 0 atom stereocenters. The van der Waals surface area contributed by atoms with Crippen LogP contribution >= 0.6 is 11.6 Å². The molecule has 5 rings (SSSR count). The SMILES string of the molecule is COc1ccc(OC)c(CNC(=O)C23CC(NC(=O)COc4ccc(Cl)c(F)c4)(C2)C3)c1. The zero-order valence-corrected chi connectivity index (χ0v) is 18.6. The van der Waals surface area contributed by atoms with Gasteiger partial charge < -0.3 is 24.8 Å². The molecule has 2 aromatic carbocycles. The van der Waals surface area contributed by atoms with Gasteiger partial charge in [0.1, 0.15) is 23.1 Å². The van der Waals surface area contributed by atoms with Gasteiger partial charge in [0.15, 0.2) is 6.61 Å². The van der Waals surface area contributed by atoms with Crippen molar-refractivity contribution in [3.05, 3.63) is 52.8 Å². The van der Waals surface area contributed by atoms with Crippen molar-refractivity contribution in [1.82, 2.24) is 10.6 Å². The third-order valence-electron chi connectivity index (χ3n) is 6.10. The smallest absolute Gasteiger partial charge is 0.258 e. The standard InChI is InChI=1S/C23H24ClFN2O5/c1-30-15-4-6-19(31-2)14(7-15)9-26-21(29)22-11-23(12-22,13-22)27-20(28)10-32-16-3-5-17(24)18(25)8-16/h3-8H,9-13H2,1-2H3,(H,26,29)(H,27,28). The second-order valence-corrected chi connectivity index (χ2v) is 8.77. The molecular weight excluding hydrogens is 439 g/mol. The van der Waals surface area contributed by atoms with Crippen molar-refractivity contribution in [2.24, 2.45) is 5.41 Å². The molecule has 3 aliphatic rings. The third kappa shape index (κ3) is 4.19. The molecule has 0 aliphatic heterocycles. The molecule has 2 amide bonds. The number of carbonyl (C=O) groups excluding carboxylic acids is 2. The van der Waals surface area contributed by atoms with Crippen LogP contribution in [0.1, 0.15) is 24.8 Å². The number of amides is 2. The minimum atomic E-state index is -0.608. The van der Waals surface area contributed by atoms with Gasteiger partial charge in [0.2, 0.25) is 5.91 Å². The quantitative estimate of drug-likeness (QED) is 0.597. The van der Waals surface area contributed by atoms with E-state index in [2.05, 4.69) is 10.6 Å². The van der Waals surface area contributed by atoms with Crippen LogP contribution in [0.5, 0.6) is 17.2 Å². The number of halogens is 2. The third-order valence-corrected chi connectivity index (χ3v) is 6.41. The fourth-order valence-electron chi connectivity index (χ4n) is 4.59. The lowest BCUT2D eigenvalue weighted by Gasteiger charge is -2.69. The monoisotopic (exact) mass is 462 g/mol. The van der Waals surface area contributed by atoms with Gasteiger partial charge in [-0.25, -0.2) is 4.39 Å². The van der Waals surface area contributed by atoms with Gasteiger partial charge in [-0.2, -0.15) is 0 Å². The van der Waals surface area contributed by atoms with Crippen LogP contribution in [0.2, 0.25) is 5.02 Å². The first kappa shape index (κ1) is 22.2. The molecule has 0 radical (unpaired) electrons. The van der Waals surface area contributed by atoms with E-state index in [1.54, 1.807) is 26.4 Å². The van der Waals surface area contributed by atoms with Gasteiger partial charge in [-0.15, -0.1) is 0 Å². The van der Waals surface area contributed by atoms with Gasteiger partial charge in [-0.3, -0.25) is 9.59 Å². The first-order valence-electron chi connectivity index (χ1n) is 10.2. The predicted molar refractivity (Wildman–Crippen MR) is 115 cm³/mol. The average Bonchev–Trinajstić information content (AvgIpc) is 2.74. The van der Waals surface area contributed by atoms with E-state index in [4.69, 9.17) is 25.8 Å². The van der Waals surface area contributed by atoms with E-state index in [9.17, 15) is 14.0 Å². The molecule has 2 aromatic rings. The van der Waals surface area contributed by atoms with Gasteiger partial charge in [-0.05, 0) is 49.6 Å². The van der Waals surface area contributed by atoms with E-state index < -0.39 is 11.2 Å². The number of rotatable bonds is 9. The van der Waals surface area contributed by atoms with Crippen LogP contribution in [0, 0.1) is 11.2 Å². The lowest BCUT2D eigenvalue weighted by atomic mass is 9.39. The topological polar surface area (TPSA) is 85.9 Å². The highest BCUT2D eigenvalue weighted by Crippen LogP contribution is 2.67. The minimum Gasteiger partial charge on any atom is -0.497 e. The Balaban J connectivity index is 1.24. The highest BCUT2D eigenvalue weighted by molar-refractivity contribution is 6.30. The van der Waals surface area contributed by atoms with Gasteiger partial charge in [-0.1, -0.05) is 11.6 Å². The maximum Gasteiger partial charge on any atom is 0.258 e. The number of methoxy groups -OCH3 is 2. The largest absolute Gasteiger partial charge is 0.497 e. The molecule has 3 fully saturated rings. The molecule has 2 bridgehead atoms. The van der Waals surface area contributed by atoms with E-state index in [1.807, 2.05) is 6.07 Å². The maximum atomic E-state index is 13.5. The molecule has 2 N–H and O–H groups in total. The van der Waals surface area contributed by atoms with Crippen molar-refractivity contribution >= 4 is 23.4 Å². The van der Waals surface area contributed by atoms with E-state index in [0.717, 1.165) is 11.6 Å². The first-order valence-corrected chi connectivity index (χ1v) is 10.5. The Morgan fingerprint density at radius 1 is 1.06 bits per heavy atom. The average molecular weight is 463 g/mol. The minimum absolute atomic E-state index is 0.0101. The Hall–Kier alpha value is -3.00. The van der Waals surface area contributed by atoms with Gasteiger partial charge in [0.25, 0.3) is 5.91 Å². The lowest BCUT2D eigenvalue weighted by Crippen LogP contribution is -2.78. The van der Waals surface area contributed by atoms with Crippen LogP contribution in [0.3, 0.4) is 0 Å². The molecule has 9 heteroatoms. The van der Waals surface area contributed by atoms with Gasteiger partial charge in [0, 0.05) is 23.7 Å². The summed E-state index contributed by atoms with van der Waals surface area (Å²) in [6.07, 6.45) is 1.76. The summed E-state index contributed by atoms with van der Waals surface area (Å²) >= 11 is 5.63. The summed E-state index contributed by atoms with van der Waals surface area (Å²) in [5.74, 6) is 0.632. The summed E-state index contributed by atoms with van der Waals surface area (Å²) < 4.78 is 29.4. The Kier molecular flexibility index (Phi) is 5.90. The normalized spacial score (nSPS) is 22.8. The van der Waals surface area contributed by atoms with E-state index in [1.165, 1.54) is 12.1 Å². The number of nitrogens with one attached hydrogen (secondary N) is 2. The van der Waals surface area contributed by atoms with Crippen molar-refractivity contribution in [2.45, 2.75) is 31.3 Å². The summed E-state index contributed by atoms with van der Waals surface area (Å²) in [6, 6.07) is 9.42. The van der Waals surface area contributed by atoms with Crippen molar-refractivity contribution in [2.75, 3.05) is 20.8 Å². The summed E-state index contributed by atoms with van der Waals surface area (Å²) in [7, 11) is 3.16. The molecule has 0 aromatic heterocycles. The zero-order chi connectivity index (χ0) is 22.9. The lowest BCUT2D eigenvalue weighted by molar-refractivity contribution is -0.184. The molecule has 3 aliphatic carbocycles. The van der Waals surface area contributed by atoms with Crippen LogP contribution < -0.4 is 24.8 Å². The van der Waals surface area contributed by atoms with Crippen molar-refractivity contribution in [1.29, 1.82) is 0 Å². The van der Waals surface area contributed by atoms with Crippen LogP contribution in [0.15, 0.2) is 36.4 Å². The molecule has 0 unspecified atom stereocenters. The Labute approximate surface area is 190 Å². The number of carbonyl (C=O) groups is 2. The van der Waals surface area contributed by atoms with Crippen LogP contribution in [0.25, 0.3) is 0 Å². The maximum absolute atomic E-state index is 13.5. The summed E-state index contributed by atoms with van der Waals surface area (Å²) in [5, 5.41) is 5.91. The van der Waals surface area contributed by atoms with Crippen LogP contribution in [-0.2, 0) is 16.1 Å². The summed E-state index contributed by atoms with van der Waals surface area (Å²) in [4.78, 5) is 25.0. The van der Waals surface area contributed by atoms with Crippen molar-refractivity contribution in [3.63, 3.8) is 0 Å². The number of benzene rings is 2. The fraction of sp³-hybridized carbons (Fsp3) is 0.391. The Bertz CT molecular complexity index is 1040. The molecule has 32 heavy (non-hydrogen) atoms. The second kappa shape index (κ2) is 8.50. The highest BCUT2D eigenvalue weighted by Gasteiger charge is 2.72. The van der Waals surface area contributed by atoms with Crippen LogP contribution in [0.4, 0.5) is 4.39 Å². The molecule has 0 heterocycles. The summed E-state index contributed by atoms with van der Waals surface area (Å²) in [6.45, 7) is 0.0868. The Morgan fingerprint density at radius 2 is 1.78 bits per heavy atom. The van der Waals surface area contributed by atoms with Crippen molar-refractivity contribution in [3.8, 4) is 17.2 Å². The molecule has 0 spiro atoms. The van der Waals surface area contributed by atoms with E-state index >= 15 is 0 Å². The number of ether oxygens (including phenoxy) is 3. The molecular formula is C23H24ClFN2O5. The predicted octanol–water partition coefficient (Wildman–Crippen LogP) is 3.23. The second-order valence-electron chi connectivity index (χ2n) is 8.36.